The van der Waals surface area contributed by atoms with Crippen LogP contribution in [0.4, 0.5) is 17.6 Å². The topological polar surface area (TPSA) is 67.2 Å². The van der Waals surface area contributed by atoms with Gasteiger partial charge in [-0.25, -0.2) is 0 Å². The van der Waals surface area contributed by atoms with Crippen LogP contribution in [0.15, 0.2) is 29.4 Å². The molecule has 0 aromatic heterocycles. The number of azide groups is 1. The van der Waals surface area contributed by atoms with Crippen molar-refractivity contribution in [1.82, 2.24) is 0 Å². The fourth-order valence-corrected chi connectivity index (χ4v) is 0.968. The number of ether oxygens (including phenoxy) is 2. The monoisotopic (exact) mass is 265 g/mol. The Morgan fingerprint density at radius 3 is 2.06 bits per heavy atom. The smallest absolute Gasteiger partial charge is 0.470 e. The van der Waals surface area contributed by atoms with Crippen LogP contribution in [0.5, 0.6) is 11.5 Å². The van der Waals surface area contributed by atoms with E-state index >= 15 is 0 Å². The van der Waals surface area contributed by atoms with Crippen LogP contribution in [-0.4, -0.2) is 19.3 Å². The number of methoxy groups -OCH3 is 1. The molecule has 0 saturated carbocycles. The molecule has 0 aliphatic carbocycles. The van der Waals surface area contributed by atoms with Crippen LogP contribution in [0.2, 0.25) is 0 Å². The van der Waals surface area contributed by atoms with Gasteiger partial charge in [-0.15, -0.1) is 0 Å². The minimum absolute atomic E-state index is 0.340. The number of alkyl halides is 4. The van der Waals surface area contributed by atoms with E-state index in [1.807, 2.05) is 0 Å². The highest BCUT2D eigenvalue weighted by atomic mass is 19.3. The Hall–Kier alpha value is -2.15. The number of benzene rings is 1. The molecule has 5 nitrogen and oxygen atoms in total. The summed E-state index contributed by atoms with van der Waals surface area (Å²) in [6.45, 7) is 0. The third-order valence-corrected chi connectivity index (χ3v) is 1.83. The second-order valence-corrected chi connectivity index (χ2v) is 3.03. The van der Waals surface area contributed by atoms with Gasteiger partial charge in [0, 0.05) is 4.91 Å². The second-order valence-electron chi connectivity index (χ2n) is 3.03. The summed E-state index contributed by atoms with van der Waals surface area (Å²) in [5.74, 6) is -0.180. The van der Waals surface area contributed by atoms with Crippen LogP contribution in [0, 0.1) is 0 Å². The summed E-state index contributed by atoms with van der Waals surface area (Å²) >= 11 is 0. The van der Waals surface area contributed by atoms with E-state index < -0.39 is 17.9 Å². The summed E-state index contributed by atoms with van der Waals surface area (Å²) in [7, 11) is 1.35. The summed E-state index contributed by atoms with van der Waals surface area (Å²) < 4.78 is 60.0. The molecule has 0 aliphatic heterocycles. The van der Waals surface area contributed by atoms with Gasteiger partial charge in [-0.3, -0.25) is 0 Å². The molecule has 1 rings (SSSR count). The predicted octanol–water partition coefficient (Wildman–Crippen LogP) is 3.57. The van der Waals surface area contributed by atoms with Crippen molar-refractivity contribution in [2.24, 2.45) is 5.11 Å². The fraction of sp³-hybridized carbons (Fsp3) is 0.333. The Kier molecular flexibility index (Phi) is 3.87. The third-order valence-electron chi connectivity index (χ3n) is 1.83. The molecule has 0 aliphatic rings. The van der Waals surface area contributed by atoms with E-state index in [1.165, 1.54) is 19.2 Å². The van der Waals surface area contributed by atoms with Crippen LogP contribution in [-0.2, 0) is 0 Å². The first-order valence-corrected chi connectivity index (χ1v) is 4.47. The zero-order valence-corrected chi connectivity index (χ0v) is 8.98. The zero-order valence-electron chi connectivity index (χ0n) is 8.98. The summed E-state index contributed by atoms with van der Waals surface area (Å²) in [6, 6.07) is -0.465. The van der Waals surface area contributed by atoms with E-state index in [0.29, 0.717) is 5.75 Å². The number of halogens is 4. The van der Waals surface area contributed by atoms with Crippen molar-refractivity contribution in [3.63, 3.8) is 0 Å². The molecule has 0 heterocycles. The average molecular weight is 265 g/mol. The van der Waals surface area contributed by atoms with Gasteiger partial charge in [0.25, 0.3) is 0 Å². The Bertz CT molecular complexity index is 457. The van der Waals surface area contributed by atoms with Gasteiger partial charge in [0.2, 0.25) is 0 Å². The SMILES string of the molecule is COc1ccc(OC(F)(F)C(F)(F)N=[N+]=[N-])cc1. The van der Waals surface area contributed by atoms with Crippen molar-refractivity contribution in [2.75, 3.05) is 7.11 Å². The minimum Gasteiger partial charge on any atom is -0.497 e. The molecule has 0 fully saturated rings. The fourth-order valence-electron chi connectivity index (χ4n) is 0.968. The van der Waals surface area contributed by atoms with Crippen LogP contribution in [0.3, 0.4) is 0 Å². The standard InChI is InChI=1S/C9H7F4N3O2/c1-17-6-2-4-7(5-3-6)18-9(12,13)8(10,11)15-16-14/h2-5H,1H3. The lowest BCUT2D eigenvalue weighted by Crippen LogP contribution is -2.43. The molecular formula is C9H7F4N3O2. The van der Waals surface area contributed by atoms with Gasteiger partial charge < -0.3 is 9.47 Å². The molecule has 0 radical (unpaired) electrons. The first kappa shape index (κ1) is 13.9. The summed E-state index contributed by atoms with van der Waals surface area (Å²) in [6.07, 6.45) is -4.95. The van der Waals surface area contributed by atoms with E-state index in [4.69, 9.17) is 10.3 Å². The number of hydrogen-bond donors (Lipinski definition) is 0. The minimum atomic E-state index is -4.98. The van der Waals surface area contributed by atoms with Gasteiger partial charge in [0.05, 0.1) is 7.11 Å². The van der Waals surface area contributed by atoms with Crippen LogP contribution >= 0.6 is 0 Å². The molecule has 1 aromatic carbocycles. The highest BCUT2D eigenvalue weighted by molar-refractivity contribution is 5.31. The highest BCUT2D eigenvalue weighted by Gasteiger charge is 2.59. The Morgan fingerprint density at radius 2 is 1.61 bits per heavy atom. The maximum Gasteiger partial charge on any atom is 0.470 e. The first-order chi connectivity index (χ1) is 8.32. The number of rotatable bonds is 5. The maximum atomic E-state index is 13.0. The maximum absolute atomic E-state index is 13.0. The van der Waals surface area contributed by atoms with E-state index in [2.05, 4.69) is 4.74 Å². The number of nitrogens with zero attached hydrogens (tertiary/aromatic N) is 3. The van der Waals surface area contributed by atoms with Gasteiger partial charge in [-0.2, -0.15) is 17.6 Å². The molecule has 0 N–H and O–H groups in total. The molecule has 0 amide bonds. The highest BCUT2D eigenvalue weighted by Crippen LogP contribution is 2.37. The largest absolute Gasteiger partial charge is 0.497 e. The van der Waals surface area contributed by atoms with Gasteiger partial charge in [-0.05, 0) is 34.9 Å². The molecule has 0 spiro atoms. The molecular weight excluding hydrogens is 258 g/mol. The lowest BCUT2D eigenvalue weighted by Gasteiger charge is -2.22. The summed E-state index contributed by atoms with van der Waals surface area (Å²) in [4.78, 5) is 1.64. The summed E-state index contributed by atoms with van der Waals surface area (Å²) in [5.41, 5.74) is 7.77. The normalized spacial score (nSPS) is 11.6. The Labute approximate surface area is 98.5 Å². The van der Waals surface area contributed by atoms with Crippen LogP contribution in [0.25, 0.3) is 10.4 Å². The summed E-state index contributed by atoms with van der Waals surface area (Å²) in [5, 5.41) is 1.71. The van der Waals surface area contributed by atoms with E-state index in [1.54, 1.807) is 10.0 Å². The lowest BCUT2D eigenvalue weighted by molar-refractivity contribution is -0.306. The Balaban J connectivity index is 2.90. The molecule has 98 valence electrons. The molecule has 0 saturated heterocycles. The van der Waals surface area contributed by atoms with Gasteiger partial charge in [-0.1, -0.05) is 0 Å². The van der Waals surface area contributed by atoms with Crippen molar-refractivity contribution in [3.05, 3.63) is 34.7 Å². The lowest BCUT2D eigenvalue weighted by atomic mass is 10.3. The van der Waals surface area contributed by atoms with Crippen molar-refractivity contribution in [2.45, 2.75) is 12.2 Å². The Morgan fingerprint density at radius 1 is 1.11 bits per heavy atom. The van der Waals surface area contributed by atoms with Gasteiger partial charge in [0.15, 0.2) is 0 Å². The molecule has 1 aromatic rings. The van der Waals surface area contributed by atoms with Crippen molar-refractivity contribution >= 4 is 0 Å². The quantitative estimate of drug-likeness (QED) is 0.268. The van der Waals surface area contributed by atoms with Gasteiger partial charge >= 0.3 is 12.2 Å². The zero-order chi connectivity index (χ0) is 13.8. The van der Waals surface area contributed by atoms with Gasteiger partial charge in [0.1, 0.15) is 11.5 Å². The molecule has 18 heavy (non-hydrogen) atoms. The van der Waals surface area contributed by atoms with E-state index in [-0.39, 0.29) is 0 Å². The molecule has 0 atom stereocenters. The van der Waals surface area contributed by atoms with Crippen LogP contribution in [0.1, 0.15) is 0 Å². The predicted molar refractivity (Wildman–Crippen MR) is 52.7 cm³/mol. The second kappa shape index (κ2) is 5.01. The molecule has 9 heteroatoms. The van der Waals surface area contributed by atoms with Crippen LogP contribution < -0.4 is 9.47 Å². The van der Waals surface area contributed by atoms with E-state index in [0.717, 1.165) is 12.1 Å². The average Bonchev–Trinajstić information content (AvgIpc) is 2.29. The number of hydrogen-bond acceptors (Lipinski definition) is 3. The molecule has 0 unspecified atom stereocenters. The molecule has 0 bridgehead atoms. The van der Waals surface area contributed by atoms with Crippen molar-refractivity contribution in [1.29, 1.82) is 0 Å². The van der Waals surface area contributed by atoms with Crippen molar-refractivity contribution in [3.8, 4) is 11.5 Å². The van der Waals surface area contributed by atoms with Crippen molar-refractivity contribution < 1.29 is 27.0 Å². The first-order valence-electron chi connectivity index (χ1n) is 4.47. The third kappa shape index (κ3) is 2.95. The van der Waals surface area contributed by atoms with E-state index in [9.17, 15) is 17.6 Å².